The van der Waals surface area contributed by atoms with Crippen LogP contribution in [0.4, 0.5) is 0 Å². The lowest BCUT2D eigenvalue weighted by Gasteiger charge is -2.13. The second-order valence-electron chi connectivity index (χ2n) is 9.17. The average molecular weight is 687 g/mol. The highest BCUT2D eigenvalue weighted by atomic mass is 32.2. The summed E-state index contributed by atoms with van der Waals surface area (Å²) in [5.41, 5.74) is 4.06. The summed E-state index contributed by atoms with van der Waals surface area (Å²) in [5, 5.41) is 5.97. The molecule has 1 atom stereocenters. The Bertz CT molecular complexity index is 1700. The smallest absolute Gasteiger partial charge is 0.270 e. The Labute approximate surface area is 285 Å². The minimum absolute atomic E-state index is 0. The number of benzene rings is 1. The summed E-state index contributed by atoms with van der Waals surface area (Å²) in [6, 6.07) is 4.84. The van der Waals surface area contributed by atoms with Crippen molar-refractivity contribution in [1.82, 2.24) is 13.9 Å². The first-order chi connectivity index (χ1) is 21.9. The van der Waals surface area contributed by atoms with Crippen molar-refractivity contribution < 1.29 is 22.1 Å². The Kier molecular flexibility index (Phi) is 22.3. The van der Waals surface area contributed by atoms with Crippen molar-refractivity contribution >= 4 is 38.1 Å². The molecule has 2 aromatic heterocycles. The van der Waals surface area contributed by atoms with Gasteiger partial charge in [-0.1, -0.05) is 63.8 Å². The number of nitrogens with zero attached hydrogens (tertiary/aromatic N) is 3. The van der Waals surface area contributed by atoms with Crippen LogP contribution in [0, 0.1) is 19.3 Å². The Balaban J connectivity index is 0. The van der Waals surface area contributed by atoms with Gasteiger partial charge >= 0.3 is 0 Å². The molecule has 1 aromatic carbocycles. The molecular weight excluding hydrogens is 633 g/mol. The van der Waals surface area contributed by atoms with Crippen LogP contribution in [0.5, 0.6) is 11.5 Å². The quantitative estimate of drug-likeness (QED) is 0.167. The Hall–Kier alpha value is -4.09. The van der Waals surface area contributed by atoms with E-state index in [1.165, 1.54) is 31.0 Å². The number of pyridine rings is 1. The average Bonchev–Trinajstić information content (AvgIpc) is 3.44. The molecule has 1 N–H and O–H groups in total. The van der Waals surface area contributed by atoms with Crippen LogP contribution in [-0.4, -0.2) is 47.0 Å². The number of imidazole rings is 1. The molecule has 3 aromatic rings. The molecule has 0 aliphatic heterocycles. The molecule has 0 aliphatic carbocycles. The van der Waals surface area contributed by atoms with Gasteiger partial charge < -0.3 is 14.9 Å². The van der Waals surface area contributed by atoms with Crippen molar-refractivity contribution in [2.45, 2.75) is 80.6 Å². The van der Waals surface area contributed by atoms with Gasteiger partial charge in [0.25, 0.3) is 10.0 Å². The van der Waals surface area contributed by atoms with Crippen LogP contribution in [-0.2, 0) is 26.6 Å². The summed E-state index contributed by atoms with van der Waals surface area (Å²) in [6.07, 6.45) is 15.1. The predicted molar refractivity (Wildman–Crippen MR) is 201 cm³/mol. The zero-order valence-electron chi connectivity index (χ0n) is 29.0. The molecule has 0 saturated carbocycles. The fraction of sp³-hybridized carbons (Fsp3) is 0.361. The van der Waals surface area contributed by atoms with Gasteiger partial charge in [0.2, 0.25) is 5.16 Å². The Morgan fingerprint density at radius 2 is 1.70 bits per heavy atom. The monoisotopic (exact) mass is 686 g/mol. The number of nitrogens with one attached hydrogen (secondary N) is 1. The number of rotatable bonds is 10. The van der Waals surface area contributed by atoms with E-state index in [2.05, 4.69) is 35.6 Å². The van der Waals surface area contributed by atoms with Gasteiger partial charge in [-0.15, -0.1) is 0 Å². The highest BCUT2D eigenvalue weighted by Gasteiger charge is 2.29. The maximum absolute atomic E-state index is 13.7. The first-order valence-electron chi connectivity index (χ1n) is 14.8. The highest BCUT2D eigenvalue weighted by Crippen LogP contribution is 2.30. The lowest BCUT2D eigenvalue weighted by atomic mass is 10.1. The molecule has 3 rings (SSSR count). The van der Waals surface area contributed by atoms with Crippen molar-refractivity contribution in [2.75, 3.05) is 14.2 Å². The number of hydrogen-bond acceptors (Lipinski definition) is 8. The molecule has 1 unspecified atom stereocenters. The molecule has 2 heterocycles. The number of hydrogen-bond donors (Lipinski definition) is 1. The van der Waals surface area contributed by atoms with Gasteiger partial charge in [-0.25, -0.2) is 17.4 Å². The van der Waals surface area contributed by atoms with E-state index >= 15 is 0 Å². The van der Waals surface area contributed by atoms with Gasteiger partial charge in [-0.3, -0.25) is 9.19 Å². The topological polar surface area (TPSA) is 124 Å². The SMILES string of the molecule is C.C/C=C\C(C)=C/C.C=CC(=C/C=C\C)S(=O)(=O)n1c(S(=O)Cc2ncc(C)c(OC)c2C)nc2ccc(OC)cc21.CC.CC=N. The molecule has 11 heteroatoms. The van der Waals surface area contributed by atoms with E-state index in [0.29, 0.717) is 22.7 Å². The van der Waals surface area contributed by atoms with Crippen LogP contribution in [0.15, 0.2) is 89.1 Å². The van der Waals surface area contributed by atoms with E-state index in [1.807, 2.05) is 47.6 Å². The maximum Gasteiger partial charge on any atom is 0.270 e. The van der Waals surface area contributed by atoms with Crippen LogP contribution < -0.4 is 9.47 Å². The predicted octanol–water partition coefficient (Wildman–Crippen LogP) is 9.04. The fourth-order valence-corrected chi connectivity index (χ4v) is 6.85. The lowest BCUT2D eigenvalue weighted by Crippen LogP contribution is -2.18. The van der Waals surface area contributed by atoms with E-state index in [1.54, 1.807) is 57.5 Å². The highest BCUT2D eigenvalue weighted by molar-refractivity contribution is 7.94. The molecule has 0 amide bonds. The van der Waals surface area contributed by atoms with E-state index < -0.39 is 20.8 Å². The summed E-state index contributed by atoms with van der Waals surface area (Å²) in [4.78, 5) is 8.77. The van der Waals surface area contributed by atoms with Gasteiger partial charge in [-0.05, 0) is 79.0 Å². The van der Waals surface area contributed by atoms with Crippen molar-refractivity contribution in [3.8, 4) is 11.5 Å². The number of aryl methyl sites for hydroxylation is 1. The zero-order valence-corrected chi connectivity index (χ0v) is 30.7. The third kappa shape index (κ3) is 12.6. The first-order valence-corrected chi connectivity index (χ1v) is 17.5. The fourth-order valence-electron chi connectivity index (χ4n) is 3.83. The summed E-state index contributed by atoms with van der Waals surface area (Å²) >= 11 is 0. The lowest BCUT2D eigenvalue weighted by molar-refractivity contribution is 0.407. The number of allylic oxidation sites excluding steroid dienone is 8. The van der Waals surface area contributed by atoms with E-state index in [4.69, 9.17) is 14.9 Å². The summed E-state index contributed by atoms with van der Waals surface area (Å²) in [6.45, 7) is 20.9. The molecular formula is C36H54N4O5S2. The Morgan fingerprint density at radius 1 is 1.09 bits per heavy atom. The second-order valence-corrected chi connectivity index (χ2v) is 12.3. The molecule has 9 nitrogen and oxygen atoms in total. The van der Waals surface area contributed by atoms with Gasteiger partial charge in [0.1, 0.15) is 11.5 Å². The third-order valence-corrected chi connectivity index (χ3v) is 9.17. The zero-order chi connectivity index (χ0) is 35.4. The van der Waals surface area contributed by atoms with Crippen LogP contribution in [0.1, 0.15) is 72.7 Å². The number of fused-ring (bicyclic) bond motifs is 1. The van der Waals surface area contributed by atoms with Crippen LogP contribution in [0.25, 0.3) is 11.0 Å². The minimum atomic E-state index is -4.18. The number of aromatic nitrogens is 3. The van der Waals surface area contributed by atoms with Crippen LogP contribution >= 0.6 is 0 Å². The normalized spacial score (nSPS) is 12.1. The van der Waals surface area contributed by atoms with E-state index in [-0.39, 0.29) is 28.8 Å². The van der Waals surface area contributed by atoms with E-state index in [9.17, 15) is 12.6 Å². The molecule has 260 valence electrons. The molecule has 0 saturated heterocycles. The summed E-state index contributed by atoms with van der Waals surface area (Å²) in [7, 11) is -2.99. The molecule has 0 radical (unpaired) electrons. The van der Waals surface area contributed by atoms with Gasteiger partial charge in [-0.2, -0.15) is 0 Å². The van der Waals surface area contributed by atoms with Crippen molar-refractivity contribution in [3.63, 3.8) is 0 Å². The standard InChI is InChI=1S/C24H27N3O5S2.C7H12.C2H5N.C2H6.CH4/c1-7-9-10-19(8-2)34(29,30)27-22-13-18(31-5)11-12-20(22)26-24(27)33(28)15-21-17(4)23(32-6)16(3)14-25-21;1-4-6-7(3)5-2;1-2-3;1-2;/h7-14H,2,15H2,1,3-6H3;4-6H,1-3H3;2-3H,1H3;1-2H3;1H4/b9-7-,19-10?;6-4-,7-5-;;;. The summed E-state index contributed by atoms with van der Waals surface area (Å²) in [5.74, 6) is 1.05. The molecule has 47 heavy (non-hydrogen) atoms. The Morgan fingerprint density at radius 3 is 2.17 bits per heavy atom. The maximum atomic E-state index is 13.7. The van der Waals surface area contributed by atoms with Crippen molar-refractivity contribution in [2.24, 2.45) is 0 Å². The second kappa shape index (κ2) is 23.3. The number of ether oxygens (including phenoxy) is 2. The van der Waals surface area contributed by atoms with Crippen molar-refractivity contribution in [1.29, 1.82) is 5.41 Å². The molecule has 0 fully saturated rings. The number of methoxy groups -OCH3 is 2. The molecule has 0 aliphatic rings. The largest absolute Gasteiger partial charge is 0.497 e. The molecule has 0 bridgehead atoms. The van der Waals surface area contributed by atoms with Crippen LogP contribution in [0.3, 0.4) is 0 Å². The van der Waals surface area contributed by atoms with Crippen molar-refractivity contribution in [3.05, 3.63) is 101 Å². The third-order valence-electron chi connectivity index (χ3n) is 6.09. The van der Waals surface area contributed by atoms with E-state index in [0.717, 1.165) is 15.1 Å². The molecule has 0 spiro atoms. The minimum Gasteiger partial charge on any atom is -0.497 e. The van der Waals surface area contributed by atoms with Gasteiger partial charge in [0.15, 0.2) is 0 Å². The summed E-state index contributed by atoms with van der Waals surface area (Å²) < 4.78 is 52.6. The van der Waals surface area contributed by atoms with Crippen LogP contribution in [0.2, 0.25) is 0 Å². The van der Waals surface area contributed by atoms with Gasteiger partial charge in [0, 0.05) is 23.4 Å². The first kappa shape index (κ1) is 45.0. The van der Waals surface area contributed by atoms with Gasteiger partial charge in [0.05, 0.1) is 52.4 Å².